The highest BCUT2D eigenvalue weighted by Gasteiger charge is 2.31. The molecule has 1 N–H and O–H groups in total. The molecule has 2 aromatic heterocycles. The fraction of sp³-hybridized carbons (Fsp3) is 0.0952. The number of carbonyl (C=O) groups is 1. The summed E-state index contributed by atoms with van der Waals surface area (Å²) in [7, 11) is 0. The van der Waals surface area contributed by atoms with Gasteiger partial charge in [0.05, 0.1) is 33.7 Å². The number of pyridine rings is 1. The first kappa shape index (κ1) is 21.2. The van der Waals surface area contributed by atoms with Crippen molar-refractivity contribution in [3.8, 4) is 0 Å². The van der Waals surface area contributed by atoms with Crippen molar-refractivity contribution in [1.82, 2.24) is 14.5 Å². The fourth-order valence-electron chi connectivity index (χ4n) is 3.01. The molecule has 4 rings (SSSR count). The van der Waals surface area contributed by atoms with Gasteiger partial charge in [0.25, 0.3) is 0 Å². The number of benzene rings is 2. The van der Waals surface area contributed by atoms with E-state index in [4.69, 9.17) is 11.6 Å². The average Bonchev–Trinajstić information content (AvgIpc) is 3.06. The highest BCUT2D eigenvalue weighted by molar-refractivity contribution is 7.99. The normalized spacial score (nSPS) is 11.7. The van der Waals surface area contributed by atoms with Gasteiger partial charge in [0.1, 0.15) is 5.03 Å². The number of fused-ring (bicyclic) bond motifs is 1. The number of imidazole rings is 1. The van der Waals surface area contributed by atoms with E-state index in [1.165, 1.54) is 6.07 Å². The molecule has 0 saturated heterocycles. The molecule has 5 nitrogen and oxygen atoms in total. The topological polar surface area (TPSA) is 68.0 Å². The van der Waals surface area contributed by atoms with E-state index in [9.17, 15) is 23.1 Å². The monoisotopic (exact) mass is 463 g/mol. The molecule has 0 fully saturated rings. The minimum absolute atomic E-state index is 0.133. The maximum Gasteiger partial charge on any atom is 0.417 e. The zero-order valence-corrected chi connectivity index (χ0v) is 17.2. The van der Waals surface area contributed by atoms with Gasteiger partial charge in [0, 0.05) is 6.20 Å². The number of carboxylic acid groups (broad SMARTS) is 1. The number of halogens is 4. The Hall–Kier alpha value is -3.04. The summed E-state index contributed by atoms with van der Waals surface area (Å²) in [4.78, 5) is 19.7. The highest BCUT2D eigenvalue weighted by atomic mass is 35.5. The van der Waals surface area contributed by atoms with Gasteiger partial charge in [0.15, 0.2) is 5.16 Å². The molecule has 0 spiro atoms. The summed E-state index contributed by atoms with van der Waals surface area (Å²) in [5.74, 6) is -1.03. The molecular weight excluding hydrogens is 451 g/mol. The third-order valence-corrected chi connectivity index (χ3v) is 5.87. The predicted molar refractivity (Wildman–Crippen MR) is 111 cm³/mol. The number of alkyl halides is 3. The maximum atomic E-state index is 12.9. The van der Waals surface area contributed by atoms with E-state index in [2.05, 4.69) is 9.97 Å². The molecule has 0 unspecified atom stereocenters. The summed E-state index contributed by atoms with van der Waals surface area (Å²) in [6.45, 7) is 0.308. The number of para-hydroxylation sites is 2. The van der Waals surface area contributed by atoms with E-state index in [1.807, 2.05) is 28.8 Å². The Balaban J connectivity index is 1.74. The molecule has 158 valence electrons. The van der Waals surface area contributed by atoms with Crippen molar-refractivity contribution in [2.45, 2.75) is 22.9 Å². The lowest BCUT2D eigenvalue weighted by molar-refractivity contribution is -0.137. The maximum absolute atomic E-state index is 12.9. The van der Waals surface area contributed by atoms with Crippen LogP contribution in [0.2, 0.25) is 5.02 Å². The van der Waals surface area contributed by atoms with Crippen LogP contribution in [0.15, 0.2) is 71.0 Å². The van der Waals surface area contributed by atoms with Crippen LogP contribution in [0.3, 0.4) is 0 Å². The second-order valence-electron chi connectivity index (χ2n) is 6.59. The Morgan fingerprint density at radius 3 is 2.61 bits per heavy atom. The van der Waals surface area contributed by atoms with Gasteiger partial charge in [-0.3, -0.25) is 0 Å². The largest absolute Gasteiger partial charge is 0.478 e. The zero-order chi connectivity index (χ0) is 22.2. The first-order chi connectivity index (χ1) is 14.7. The fourth-order valence-corrected chi connectivity index (χ4v) is 4.15. The van der Waals surface area contributed by atoms with Gasteiger partial charge >= 0.3 is 12.1 Å². The van der Waals surface area contributed by atoms with E-state index >= 15 is 0 Å². The smallest absolute Gasteiger partial charge is 0.417 e. The van der Waals surface area contributed by atoms with Crippen molar-refractivity contribution in [2.75, 3.05) is 0 Å². The summed E-state index contributed by atoms with van der Waals surface area (Å²) in [6.07, 6.45) is -3.81. The summed E-state index contributed by atoms with van der Waals surface area (Å²) >= 11 is 7.11. The van der Waals surface area contributed by atoms with Gasteiger partial charge in [-0.15, -0.1) is 0 Å². The second-order valence-corrected chi connectivity index (χ2v) is 7.95. The number of aromatic nitrogens is 3. The average molecular weight is 464 g/mol. The summed E-state index contributed by atoms with van der Waals surface area (Å²) in [5.41, 5.74) is 1.43. The third kappa shape index (κ3) is 4.52. The Labute approximate surface area is 183 Å². The van der Waals surface area contributed by atoms with Gasteiger partial charge in [0.2, 0.25) is 0 Å². The summed E-state index contributed by atoms with van der Waals surface area (Å²) < 4.78 is 40.5. The first-order valence-electron chi connectivity index (χ1n) is 8.90. The van der Waals surface area contributed by atoms with Gasteiger partial charge in [-0.2, -0.15) is 13.2 Å². The van der Waals surface area contributed by atoms with E-state index in [0.717, 1.165) is 35.1 Å². The minimum atomic E-state index is -4.54. The van der Waals surface area contributed by atoms with E-state index in [1.54, 1.807) is 18.2 Å². The standard InChI is InChI=1S/C21H13ClF3N3O2S/c22-15-9-14(21(23,24)25)10-26-18(15)31-20-27-16-6-1-2-7-17(16)28(20)11-12-4-3-5-13(8-12)19(29)30/h1-10H,11H2,(H,29,30). The highest BCUT2D eigenvalue weighted by Crippen LogP contribution is 2.37. The molecule has 4 aromatic rings. The van der Waals surface area contributed by atoms with Crippen LogP contribution in [0.25, 0.3) is 11.0 Å². The molecule has 0 radical (unpaired) electrons. The quantitative estimate of drug-likeness (QED) is 0.393. The Morgan fingerprint density at radius 1 is 1.13 bits per heavy atom. The predicted octanol–water partition coefficient (Wildman–Crippen LogP) is 6.00. The number of aromatic carboxylic acids is 1. The third-order valence-electron chi connectivity index (χ3n) is 4.46. The molecule has 0 bridgehead atoms. The lowest BCUT2D eigenvalue weighted by Gasteiger charge is -2.11. The van der Waals surface area contributed by atoms with Gasteiger partial charge in [-0.1, -0.05) is 35.9 Å². The lowest BCUT2D eigenvalue weighted by atomic mass is 10.1. The molecule has 2 heterocycles. The Bertz CT molecular complexity index is 1290. The Kier molecular flexibility index (Phi) is 5.63. The molecule has 10 heteroatoms. The molecule has 0 aliphatic rings. The summed E-state index contributed by atoms with van der Waals surface area (Å²) in [5, 5.41) is 9.76. The number of rotatable bonds is 5. The molecule has 0 saturated carbocycles. The molecule has 0 atom stereocenters. The number of nitrogens with zero attached hydrogens (tertiary/aromatic N) is 3. The van der Waals surface area contributed by atoms with E-state index < -0.39 is 17.7 Å². The van der Waals surface area contributed by atoms with Crippen molar-refractivity contribution >= 4 is 40.4 Å². The van der Waals surface area contributed by atoms with Crippen LogP contribution in [-0.4, -0.2) is 25.6 Å². The van der Waals surface area contributed by atoms with Crippen molar-refractivity contribution in [2.24, 2.45) is 0 Å². The molecular formula is C21H13ClF3N3O2S. The molecule has 2 aromatic carbocycles. The van der Waals surface area contributed by atoms with Crippen LogP contribution in [0, 0.1) is 0 Å². The lowest BCUT2D eigenvalue weighted by Crippen LogP contribution is -2.06. The number of carboxylic acids is 1. The van der Waals surface area contributed by atoms with Gasteiger partial charge < -0.3 is 9.67 Å². The second kappa shape index (κ2) is 8.24. The van der Waals surface area contributed by atoms with Gasteiger partial charge in [-0.05, 0) is 47.7 Å². The van der Waals surface area contributed by atoms with Gasteiger partial charge in [-0.25, -0.2) is 14.8 Å². The molecule has 0 amide bonds. The van der Waals surface area contributed by atoms with Crippen molar-refractivity contribution in [1.29, 1.82) is 0 Å². The SMILES string of the molecule is O=C(O)c1cccc(Cn2c(Sc3ncc(C(F)(F)F)cc3Cl)nc3ccccc32)c1. The van der Waals surface area contributed by atoms with Crippen molar-refractivity contribution in [3.63, 3.8) is 0 Å². The minimum Gasteiger partial charge on any atom is -0.478 e. The number of hydrogen-bond donors (Lipinski definition) is 1. The van der Waals surface area contributed by atoms with Crippen LogP contribution < -0.4 is 0 Å². The van der Waals surface area contributed by atoms with Crippen LogP contribution in [0.5, 0.6) is 0 Å². The van der Waals surface area contributed by atoms with Crippen LogP contribution in [0.1, 0.15) is 21.5 Å². The summed E-state index contributed by atoms with van der Waals surface area (Å²) in [6, 6.07) is 14.7. The van der Waals surface area contributed by atoms with E-state index in [-0.39, 0.29) is 15.6 Å². The van der Waals surface area contributed by atoms with E-state index in [0.29, 0.717) is 17.2 Å². The first-order valence-corrected chi connectivity index (χ1v) is 10.1. The van der Waals surface area contributed by atoms with Crippen molar-refractivity contribution in [3.05, 3.63) is 82.5 Å². The van der Waals surface area contributed by atoms with Crippen molar-refractivity contribution < 1.29 is 23.1 Å². The van der Waals surface area contributed by atoms with Crippen LogP contribution >= 0.6 is 23.4 Å². The molecule has 0 aliphatic heterocycles. The van der Waals surface area contributed by atoms with Crippen LogP contribution in [0.4, 0.5) is 13.2 Å². The number of hydrogen-bond acceptors (Lipinski definition) is 4. The molecule has 31 heavy (non-hydrogen) atoms. The Morgan fingerprint density at radius 2 is 1.90 bits per heavy atom. The molecule has 0 aliphatic carbocycles. The van der Waals surface area contributed by atoms with Crippen LogP contribution in [-0.2, 0) is 12.7 Å². The zero-order valence-electron chi connectivity index (χ0n) is 15.6.